The molecule has 2 nitrogen and oxygen atoms in total. The highest BCUT2D eigenvalue weighted by atomic mass is 35.5. The van der Waals surface area contributed by atoms with E-state index >= 15 is 0 Å². The Morgan fingerprint density at radius 2 is 1.71 bits per heavy atom. The van der Waals surface area contributed by atoms with Crippen molar-refractivity contribution in [2.45, 2.75) is 33.7 Å². The van der Waals surface area contributed by atoms with Gasteiger partial charge < -0.3 is 5.32 Å². The number of anilines is 1. The minimum absolute atomic E-state index is 0.176. The fourth-order valence-electron chi connectivity index (χ4n) is 2.89. The first kappa shape index (κ1) is 15.4. The second kappa shape index (κ2) is 6.20. The second-order valence-corrected chi connectivity index (χ2v) is 5.89. The summed E-state index contributed by atoms with van der Waals surface area (Å²) in [4.78, 5) is 0. The van der Waals surface area contributed by atoms with Gasteiger partial charge in [-0.2, -0.15) is 5.26 Å². The van der Waals surface area contributed by atoms with Crippen LogP contribution in [0, 0.1) is 32.1 Å². The highest BCUT2D eigenvalue weighted by Crippen LogP contribution is 2.28. The lowest BCUT2D eigenvalue weighted by molar-refractivity contribution is 0.862. The van der Waals surface area contributed by atoms with Crippen molar-refractivity contribution in [1.29, 1.82) is 5.26 Å². The van der Waals surface area contributed by atoms with Gasteiger partial charge in [0.1, 0.15) is 6.07 Å². The molecule has 2 aromatic carbocycles. The molecule has 0 aromatic heterocycles. The van der Waals surface area contributed by atoms with Crippen LogP contribution in [-0.4, -0.2) is 0 Å². The number of rotatable bonds is 3. The molecule has 1 atom stereocenters. The van der Waals surface area contributed by atoms with E-state index in [1.807, 2.05) is 6.07 Å². The largest absolute Gasteiger partial charge is 0.378 e. The zero-order chi connectivity index (χ0) is 15.6. The van der Waals surface area contributed by atoms with Gasteiger partial charge in [-0.3, -0.25) is 0 Å². The van der Waals surface area contributed by atoms with Crippen LogP contribution in [0.15, 0.2) is 30.3 Å². The number of aryl methyl sites for hydroxylation is 3. The number of nitrogens with one attached hydrogen (secondary N) is 1. The van der Waals surface area contributed by atoms with Gasteiger partial charge in [0.2, 0.25) is 0 Å². The van der Waals surface area contributed by atoms with Crippen molar-refractivity contribution < 1.29 is 0 Å². The summed E-state index contributed by atoms with van der Waals surface area (Å²) < 4.78 is 0. The Bertz CT molecular complexity index is 691. The van der Waals surface area contributed by atoms with E-state index in [1.165, 1.54) is 22.3 Å². The van der Waals surface area contributed by atoms with Crippen LogP contribution in [0.2, 0.25) is 5.02 Å². The second-order valence-electron chi connectivity index (χ2n) is 5.48. The minimum Gasteiger partial charge on any atom is -0.378 e. The summed E-state index contributed by atoms with van der Waals surface area (Å²) in [6.07, 6.45) is 0. The smallest absolute Gasteiger partial charge is 0.101 e. The molecule has 0 heterocycles. The molecule has 0 bridgehead atoms. The van der Waals surface area contributed by atoms with E-state index in [9.17, 15) is 0 Å². The molecule has 0 aliphatic carbocycles. The molecule has 1 unspecified atom stereocenters. The summed E-state index contributed by atoms with van der Waals surface area (Å²) in [5.41, 5.74) is 6.58. The summed E-state index contributed by atoms with van der Waals surface area (Å²) in [5, 5.41) is 12.8. The van der Waals surface area contributed by atoms with Crippen LogP contribution in [-0.2, 0) is 0 Å². The molecule has 2 rings (SSSR count). The fourth-order valence-corrected chi connectivity index (χ4v) is 3.11. The molecule has 0 saturated carbocycles. The SMILES string of the molecule is Cc1cc(C)c(C(C)Nc2ccc(C#N)c(Cl)c2)c(C)c1. The Morgan fingerprint density at radius 3 is 2.24 bits per heavy atom. The first-order valence-electron chi connectivity index (χ1n) is 6.96. The number of halogens is 1. The van der Waals surface area contributed by atoms with Gasteiger partial charge in [0.05, 0.1) is 10.6 Å². The third-order valence-electron chi connectivity index (χ3n) is 3.64. The van der Waals surface area contributed by atoms with Crippen molar-refractivity contribution in [3.8, 4) is 6.07 Å². The van der Waals surface area contributed by atoms with Gasteiger partial charge in [-0.1, -0.05) is 29.3 Å². The molecule has 1 N–H and O–H groups in total. The molecule has 0 amide bonds. The molecular formula is C18H19ClN2. The summed E-state index contributed by atoms with van der Waals surface area (Å²) in [7, 11) is 0. The van der Waals surface area contributed by atoms with Crippen molar-refractivity contribution in [1.82, 2.24) is 0 Å². The summed E-state index contributed by atoms with van der Waals surface area (Å²) in [6.45, 7) is 8.53. The van der Waals surface area contributed by atoms with Crippen molar-refractivity contribution >= 4 is 17.3 Å². The molecular weight excluding hydrogens is 280 g/mol. The maximum atomic E-state index is 8.91. The normalized spacial score (nSPS) is 11.8. The van der Waals surface area contributed by atoms with Crippen LogP contribution in [0.3, 0.4) is 0 Å². The van der Waals surface area contributed by atoms with E-state index in [4.69, 9.17) is 16.9 Å². The Morgan fingerprint density at radius 1 is 1.10 bits per heavy atom. The Kier molecular flexibility index (Phi) is 4.55. The van der Waals surface area contributed by atoms with Crippen LogP contribution in [0.5, 0.6) is 0 Å². The number of hydrogen-bond acceptors (Lipinski definition) is 2. The van der Waals surface area contributed by atoms with E-state index in [2.05, 4.69) is 51.2 Å². The number of benzene rings is 2. The molecule has 3 heteroatoms. The molecule has 2 aromatic rings. The predicted octanol–water partition coefficient (Wildman–Crippen LogP) is 5.31. The number of hydrogen-bond donors (Lipinski definition) is 1. The quantitative estimate of drug-likeness (QED) is 0.833. The monoisotopic (exact) mass is 298 g/mol. The zero-order valence-electron chi connectivity index (χ0n) is 12.8. The molecule has 0 aliphatic heterocycles. The molecule has 0 radical (unpaired) electrons. The summed E-state index contributed by atoms with van der Waals surface area (Å²) >= 11 is 6.08. The maximum Gasteiger partial charge on any atom is 0.101 e. The van der Waals surface area contributed by atoms with Crippen LogP contribution >= 0.6 is 11.6 Å². The first-order valence-corrected chi connectivity index (χ1v) is 7.34. The molecule has 108 valence electrons. The van der Waals surface area contributed by atoms with Crippen LogP contribution < -0.4 is 5.32 Å². The predicted molar refractivity (Wildman–Crippen MR) is 88.9 cm³/mol. The average molecular weight is 299 g/mol. The van der Waals surface area contributed by atoms with E-state index < -0.39 is 0 Å². The number of nitrogens with zero attached hydrogens (tertiary/aromatic N) is 1. The Labute approximate surface area is 131 Å². The lowest BCUT2D eigenvalue weighted by Crippen LogP contribution is -2.10. The van der Waals surface area contributed by atoms with Gasteiger partial charge in [0.25, 0.3) is 0 Å². The van der Waals surface area contributed by atoms with E-state index in [0.717, 1.165) is 5.69 Å². The van der Waals surface area contributed by atoms with Gasteiger partial charge >= 0.3 is 0 Å². The molecule has 21 heavy (non-hydrogen) atoms. The average Bonchev–Trinajstić information content (AvgIpc) is 2.37. The van der Waals surface area contributed by atoms with Crippen molar-refractivity contribution in [2.75, 3.05) is 5.32 Å². The van der Waals surface area contributed by atoms with Crippen molar-refractivity contribution in [2.24, 2.45) is 0 Å². The lowest BCUT2D eigenvalue weighted by Gasteiger charge is -2.21. The standard InChI is InChI=1S/C18H19ClN2/c1-11-7-12(2)18(13(3)8-11)14(4)21-16-6-5-15(10-20)17(19)9-16/h5-9,14,21H,1-4H3. The maximum absolute atomic E-state index is 8.91. The summed E-state index contributed by atoms with van der Waals surface area (Å²) in [5.74, 6) is 0. The van der Waals surface area contributed by atoms with Crippen molar-refractivity contribution in [3.63, 3.8) is 0 Å². The van der Waals surface area contributed by atoms with Crippen molar-refractivity contribution in [3.05, 3.63) is 63.2 Å². The molecule has 0 fully saturated rings. The first-order chi connectivity index (χ1) is 9.92. The Balaban J connectivity index is 2.28. The fraction of sp³-hybridized carbons (Fsp3) is 0.278. The Hall–Kier alpha value is -1.98. The zero-order valence-corrected chi connectivity index (χ0v) is 13.5. The number of nitriles is 1. The third-order valence-corrected chi connectivity index (χ3v) is 3.96. The summed E-state index contributed by atoms with van der Waals surface area (Å²) in [6, 6.07) is 12.1. The molecule has 0 aliphatic rings. The van der Waals surface area contributed by atoms with Crippen LogP contribution in [0.4, 0.5) is 5.69 Å². The molecule has 0 saturated heterocycles. The topological polar surface area (TPSA) is 35.8 Å². The van der Waals surface area contributed by atoms with Gasteiger partial charge in [-0.25, -0.2) is 0 Å². The van der Waals surface area contributed by atoms with E-state index in [0.29, 0.717) is 10.6 Å². The van der Waals surface area contributed by atoms with Gasteiger partial charge in [-0.05, 0) is 62.6 Å². The van der Waals surface area contributed by atoms with Gasteiger partial charge in [0, 0.05) is 11.7 Å². The van der Waals surface area contributed by atoms with Gasteiger partial charge in [0.15, 0.2) is 0 Å². The van der Waals surface area contributed by atoms with E-state index in [-0.39, 0.29) is 6.04 Å². The lowest BCUT2D eigenvalue weighted by atomic mass is 9.94. The van der Waals surface area contributed by atoms with Crippen LogP contribution in [0.25, 0.3) is 0 Å². The third kappa shape index (κ3) is 3.37. The highest BCUT2D eigenvalue weighted by Gasteiger charge is 2.12. The molecule has 0 spiro atoms. The highest BCUT2D eigenvalue weighted by molar-refractivity contribution is 6.32. The minimum atomic E-state index is 0.176. The van der Waals surface area contributed by atoms with E-state index in [1.54, 1.807) is 12.1 Å². The van der Waals surface area contributed by atoms with Crippen LogP contribution in [0.1, 0.15) is 40.8 Å². The van der Waals surface area contributed by atoms with Gasteiger partial charge in [-0.15, -0.1) is 0 Å².